The molecule has 2 fully saturated rings. The Morgan fingerprint density at radius 3 is 2.68 bits per heavy atom. The molecule has 8 heteroatoms. The van der Waals surface area contributed by atoms with Gasteiger partial charge in [-0.05, 0) is 39.2 Å². The zero-order valence-corrected chi connectivity index (χ0v) is 17.2. The Balaban J connectivity index is 1.39. The molecule has 0 saturated carbocycles. The van der Waals surface area contributed by atoms with Crippen LogP contribution in [0.2, 0.25) is 0 Å². The summed E-state index contributed by atoms with van der Waals surface area (Å²) in [5.41, 5.74) is 1.29. The summed E-state index contributed by atoms with van der Waals surface area (Å²) in [4.78, 5) is 9.20. The van der Waals surface area contributed by atoms with Gasteiger partial charge in [0.2, 0.25) is 0 Å². The van der Waals surface area contributed by atoms with Crippen LogP contribution >= 0.6 is 0 Å². The van der Waals surface area contributed by atoms with Crippen LogP contribution in [0.5, 0.6) is 0 Å². The maximum absolute atomic E-state index is 9.70. The number of aliphatic hydroxyl groups is 1. The van der Waals surface area contributed by atoms with Gasteiger partial charge in [0.25, 0.3) is 0 Å². The van der Waals surface area contributed by atoms with E-state index in [0.717, 1.165) is 70.3 Å². The average Bonchev–Trinajstić information content (AvgIpc) is 3.30. The summed E-state index contributed by atoms with van der Waals surface area (Å²) in [7, 11) is 2.11. The zero-order chi connectivity index (χ0) is 19.5. The number of aromatic nitrogens is 5. The molecule has 2 aromatic rings. The van der Waals surface area contributed by atoms with Gasteiger partial charge < -0.3 is 14.2 Å². The smallest absolute Gasteiger partial charge is 0.146 e. The third kappa shape index (κ3) is 4.29. The maximum atomic E-state index is 9.70. The molecule has 28 heavy (non-hydrogen) atoms. The molecule has 1 N–H and O–H groups in total. The summed E-state index contributed by atoms with van der Waals surface area (Å²) in [6.45, 7) is 8.93. The van der Waals surface area contributed by atoms with Crippen LogP contribution < -0.4 is 0 Å². The average molecular weight is 388 g/mol. The summed E-state index contributed by atoms with van der Waals surface area (Å²) >= 11 is 0. The Bertz CT molecular complexity index is 762. The minimum Gasteiger partial charge on any atom is -0.393 e. The molecule has 0 aliphatic carbocycles. The molecule has 2 saturated heterocycles. The number of aryl methyl sites for hydroxylation is 1. The molecule has 2 aliphatic rings. The van der Waals surface area contributed by atoms with Gasteiger partial charge in [-0.2, -0.15) is 0 Å². The second-order valence-electron chi connectivity index (χ2n) is 8.29. The molecule has 4 heterocycles. The van der Waals surface area contributed by atoms with Crippen LogP contribution in [0.15, 0.2) is 12.5 Å². The van der Waals surface area contributed by atoms with Crippen molar-refractivity contribution in [3.63, 3.8) is 0 Å². The molecule has 0 bridgehead atoms. The summed E-state index contributed by atoms with van der Waals surface area (Å²) in [5, 5.41) is 18.8. The lowest BCUT2D eigenvalue weighted by molar-refractivity contribution is 0.0775. The number of imidazole rings is 1. The highest BCUT2D eigenvalue weighted by atomic mass is 16.3. The second-order valence-corrected chi connectivity index (χ2v) is 8.29. The van der Waals surface area contributed by atoms with Gasteiger partial charge in [0, 0.05) is 51.9 Å². The molecule has 0 spiro atoms. The monoisotopic (exact) mass is 387 g/mol. The lowest BCUT2D eigenvalue weighted by Gasteiger charge is -2.32. The standard InChI is InChI=1S/C20H33N7O/c1-3-27-15-21-11-17(27)13-26-8-4-5-16(12-26)20-23-22-19(24(20)2)14-25-9-6-18(28)7-10-25/h11,15-16,18,28H,3-10,12-14H2,1-2H3/t16-/m1/s1. The second kappa shape index (κ2) is 8.71. The SMILES string of the molecule is CCn1cncc1CN1CCC[C@@H](c2nnc(CN3CCC(O)CC3)n2C)C1. The van der Waals surface area contributed by atoms with Gasteiger partial charge >= 0.3 is 0 Å². The van der Waals surface area contributed by atoms with E-state index in [1.165, 1.54) is 18.5 Å². The lowest BCUT2D eigenvalue weighted by Crippen LogP contribution is -2.36. The van der Waals surface area contributed by atoms with Gasteiger partial charge in [0.05, 0.1) is 24.7 Å². The van der Waals surface area contributed by atoms with Gasteiger partial charge in [0.1, 0.15) is 11.6 Å². The van der Waals surface area contributed by atoms with Gasteiger partial charge in [-0.25, -0.2) is 4.98 Å². The predicted octanol–water partition coefficient (Wildman–Crippen LogP) is 1.37. The Labute approximate surface area is 167 Å². The molecule has 0 aromatic carbocycles. The number of hydrogen-bond donors (Lipinski definition) is 1. The molecule has 0 amide bonds. The number of aliphatic hydroxyl groups excluding tert-OH is 1. The molecule has 2 aliphatic heterocycles. The molecule has 0 unspecified atom stereocenters. The minimum absolute atomic E-state index is 0.136. The Kier molecular flexibility index (Phi) is 6.08. The van der Waals surface area contributed by atoms with Crippen molar-refractivity contribution in [1.29, 1.82) is 0 Å². The van der Waals surface area contributed by atoms with Crippen molar-refractivity contribution >= 4 is 0 Å². The van der Waals surface area contributed by atoms with E-state index in [2.05, 4.69) is 48.1 Å². The topological polar surface area (TPSA) is 75.2 Å². The fourth-order valence-corrected chi connectivity index (χ4v) is 4.55. The van der Waals surface area contributed by atoms with E-state index >= 15 is 0 Å². The first kappa shape index (κ1) is 19.5. The van der Waals surface area contributed by atoms with E-state index in [1.807, 2.05) is 12.5 Å². The van der Waals surface area contributed by atoms with Gasteiger partial charge in [-0.1, -0.05) is 0 Å². The van der Waals surface area contributed by atoms with Crippen LogP contribution in [-0.4, -0.2) is 71.5 Å². The van der Waals surface area contributed by atoms with E-state index in [4.69, 9.17) is 0 Å². The van der Waals surface area contributed by atoms with Gasteiger partial charge in [-0.15, -0.1) is 10.2 Å². The van der Waals surface area contributed by atoms with Crippen LogP contribution in [0.3, 0.4) is 0 Å². The molecule has 2 aromatic heterocycles. The van der Waals surface area contributed by atoms with Crippen molar-refractivity contribution in [2.45, 2.75) is 64.3 Å². The lowest BCUT2D eigenvalue weighted by atomic mass is 9.97. The highest BCUT2D eigenvalue weighted by Crippen LogP contribution is 2.27. The Morgan fingerprint density at radius 2 is 1.89 bits per heavy atom. The summed E-state index contributed by atoms with van der Waals surface area (Å²) < 4.78 is 4.43. The number of rotatable bonds is 6. The quantitative estimate of drug-likeness (QED) is 0.807. The molecule has 4 rings (SSSR count). The molecule has 8 nitrogen and oxygen atoms in total. The first-order valence-corrected chi connectivity index (χ1v) is 10.6. The van der Waals surface area contributed by atoms with Crippen LogP contribution in [0.4, 0.5) is 0 Å². The molecule has 1 atom stereocenters. The number of piperidine rings is 2. The van der Waals surface area contributed by atoms with Crippen LogP contribution in [-0.2, 0) is 26.7 Å². The first-order valence-electron chi connectivity index (χ1n) is 10.6. The van der Waals surface area contributed by atoms with E-state index in [1.54, 1.807) is 0 Å². The fourth-order valence-electron chi connectivity index (χ4n) is 4.55. The summed E-state index contributed by atoms with van der Waals surface area (Å²) in [6, 6.07) is 0. The van der Waals surface area contributed by atoms with E-state index in [-0.39, 0.29) is 6.10 Å². The van der Waals surface area contributed by atoms with Crippen molar-refractivity contribution in [3.05, 3.63) is 29.9 Å². The van der Waals surface area contributed by atoms with Crippen molar-refractivity contribution in [1.82, 2.24) is 34.1 Å². The third-order valence-corrected chi connectivity index (χ3v) is 6.32. The largest absolute Gasteiger partial charge is 0.393 e. The Morgan fingerprint density at radius 1 is 1.07 bits per heavy atom. The van der Waals surface area contributed by atoms with Crippen molar-refractivity contribution in [3.8, 4) is 0 Å². The number of hydrogen-bond acceptors (Lipinski definition) is 6. The molecule has 0 radical (unpaired) electrons. The van der Waals surface area contributed by atoms with Crippen molar-refractivity contribution in [2.75, 3.05) is 26.2 Å². The van der Waals surface area contributed by atoms with Crippen LogP contribution in [0.25, 0.3) is 0 Å². The van der Waals surface area contributed by atoms with E-state index < -0.39 is 0 Å². The van der Waals surface area contributed by atoms with Crippen LogP contribution in [0.1, 0.15) is 55.9 Å². The fraction of sp³-hybridized carbons (Fsp3) is 0.750. The molecular formula is C20H33N7O. The molecule has 154 valence electrons. The van der Waals surface area contributed by atoms with Crippen molar-refractivity contribution in [2.24, 2.45) is 7.05 Å². The highest BCUT2D eigenvalue weighted by molar-refractivity contribution is 5.05. The highest BCUT2D eigenvalue weighted by Gasteiger charge is 2.27. The summed E-state index contributed by atoms with van der Waals surface area (Å²) in [6.07, 6.45) is 7.85. The van der Waals surface area contributed by atoms with Crippen molar-refractivity contribution < 1.29 is 5.11 Å². The first-order chi connectivity index (χ1) is 13.6. The zero-order valence-electron chi connectivity index (χ0n) is 17.2. The third-order valence-electron chi connectivity index (χ3n) is 6.32. The Hall–Kier alpha value is -1.77. The van der Waals surface area contributed by atoms with E-state index in [9.17, 15) is 5.11 Å². The number of nitrogens with zero attached hydrogens (tertiary/aromatic N) is 7. The predicted molar refractivity (Wildman–Crippen MR) is 107 cm³/mol. The van der Waals surface area contributed by atoms with Gasteiger partial charge in [-0.3, -0.25) is 9.80 Å². The van der Waals surface area contributed by atoms with E-state index in [0.29, 0.717) is 5.92 Å². The summed E-state index contributed by atoms with van der Waals surface area (Å²) in [5.74, 6) is 2.58. The van der Waals surface area contributed by atoms with Gasteiger partial charge in [0.15, 0.2) is 0 Å². The molecular weight excluding hydrogens is 354 g/mol. The van der Waals surface area contributed by atoms with Crippen LogP contribution in [0, 0.1) is 0 Å². The maximum Gasteiger partial charge on any atom is 0.146 e. The normalized spacial score (nSPS) is 22.8. The number of likely N-dealkylation sites (tertiary alicyclic amines) is 2. The minimum atomic E-state index is -0.136.